The predicted molar refractivity (Wildman–Crippen MR) is 132 cm³/mol. The van der Waals surface area contributed by atoms with Crippen molar-refractivity contribution in [1.29, 1.82) is 0 Å². The second-order valence-electron chi connectivity index (χ2n) is 8.13. The molecule has 0 saturated carbocycles. The maximum atomic E-state index is 12.9. The average molecular weight is 429 g/mol. The first-order chi connectivity index (χ1) is 15.4. The zero-order valence-corrected chi connectivity index (χ0v) is 18.6. The number of nitrogens with two attached hydrogens (primary N) is 1. The Morgan fingerprint density at radius 2 is 1.81 bits per heavy atom. The number of likely N-dealkylation sites (N-methyl/N-ethyl adjacent to an activating group) is 2. The van der Waals surface area contributed by atoms with Crippen LogP contribution in [0.2, 0.25) is 0 Å². The molecule has 1 amide bonds. The number of fused-ring (bicyclic) bond motifs is 1. The highest BCUT2D eigenvalue weighted by atomic mass is 16.2. The molecule has 0 saturated heterocycles. The van der Waals surface area contributed by atoms with Gasteiger partial charge in [0.05, 0.1) is 28.8 Å². The molecule has 2 heterocycles. The molecule has 4 N–H and O–H groups in total. The van der Waals surface area contributed by atoms with Crippen LogP contribution in [0.25, 0.3) is 11.3 Å². The maximum absolute atomic E-state index is 12.9. The van der Waals surface area contributed by atoms with E-state index in [1.54, 1.807) is 12.3 Å². The number of nitrogen functional groups attached to an aromatic ring is 1. The Hall–Kier alpha value is -3.84. The second-order valence-corrected chi connectivity index (χ2v) is 8.13. The van der Waals surface area contributed by atoms with Gasteiger partial charge in [-0.2, -0.15) is 0 Å². The highest BCUT2D eigenvalue weighted by Crippen LogP contribution is 2.38. The summed E-state index contributed by atoms with van der Waals surface area (Å²) in [6, 6.07) is 19.3. The number of benzene rings is 2. The van der Waals surface area contributed by atoms with Crippen molar-refractivity contribution in [2.45, 2.75) is 0 Å². The Kier molecular flexibility index (Phi) is 6.09. The second kappa shape index (κ2) is 9.11. The summed E-state index contributed by atoms with van der Waals surface area (Å²) in [5.74, 6) is 0.732. The smallest absolute Gasteiger partial charge is 0.258 e. The number of rotatable bonds is 7. The van der Waals surface area contributed by atoms with Gasteiger partial charge in [-0.25, -0.2) is 4.98 Å². The molecule has 7 heteroatoms. The average Bonchev–Trinajstić information content (AvgIpc) is 3.11. The van der Waals surface area contributed by atoms with Crippen molar-refractivity contribution in [2.24, 2.45) is 0 Å². The number of anilines is 4. The quantitative estimate of drug-likeness (QED) is 0.394. The van der Waals surface area contributed by atoms with Crippen LogP contribution in [0.4, 0.5) is 22.9 Å². The number of hydrogen-bond acceptors (Lipinski definition) is 6. The van der Waals surface area contributed by atoms with Crippen molar-refractivity contribution >= 4 is 40.1 Å². The molecule has 0 unspecified atom stereocenters. The van der Waals surface area contributed by atoms with Crippen LogP contribution in [-0.4, -0.2) is 50.0 Å². The molecule has 0 atom stereocenters. The van der Waals surface area contributed by atoms with Gasteiger partial charge in [-0.05, 0) is 50.0 Å². The third-order valence-corrected chi connectivity index (χ3v) is 5.39. The zero-order chi connectivity index (χ0) is 22.7. The van der Waals surface area contributed by atoms with Crippen LogP contribution in [0.15, 0.2) is 66.9 Å². The molecular formula is C25H28N6O. The first-order valence-electron chi connectivity index (χ1n) is 10.5. The molecule has 164 valence electrons. The summed E-state index contributed by atoms with van der Waals surface area (Å²) in [5, 5.41) is 6.37. The van der Waals surface area contributed by atoms with E-state index in [2.05, 4.69) is 39.5 Å². The molecule has 3 aromatic rings. The molecule has 1 aliphatic rings. The normalized spacial score (nSPS) is 14.2. The van der Waals surface area contributed by atoms with Gasteiger partial charge >= 0.3 is 0 Å². The van der Waals surface area contributed by atoms with Gasteiger partial charge in [0, 0.05) is 31.4 Å². The molecule has 32 heavy (non-hydrogen) atoms. The van der Waals surface area contributed by atoms with Gasteiger partial charge in [-0.3, -0.25) is 4.79 Å². The van der Waals surface area contributed by atoms with Gasteiger partial charge in [0.1, 0.15) is 5.82 Å². The standard InChI is InChI=1S/C25H28N6O/c1-30(2)13-14-31(3)22-12-10-19(16-27-22)28-24(17-7-5-4-6-8-17)23-20-11-9-18(26)15-21(20)29-25(23)32/h4-12,15-16,28H,13-14,26H2,1-3H3,(H,29,32)/b24-23-. The van der Waals surface area contributed by atoms with Crippen molar-refractivity contribution in [1.82, 2.24) is 9.88 Å². The molecule has 0 fully saturated rings. The molecule has 1 aromatic heterocycles. The molecule has 1 aliphatic heterocycles. The van der Waals surface area contributed by atoms with E-state index in [0.29, 0.717) is 11.3 Å². The van der Waals surface area contributed by atoms with Crippen LogP contribution in [0.5, 0.6) is 0 Å². The van der Waals surface area contributed by atoms with Gasteiger partial charge in [0.2, 0.25) is 0 Å². The van der Waals surface area contributed by atoms with Gasteiger partial charge < -0.3 is 26.2 Å². The van der Waals surface area contributed by atoms with Crippen LogP contribution in [0.3, 0.4) is 0 Å². The third-order valence-electron chi connectivity index (χ3n) is 5.39. The van der Waals surface area contributed by atoms with Gasteiger partial charge in [0.25, 0.3) is 5.91 Å². The van der Waals surface area contributed by atoms with Crippen LogP contribution in [0.1, 0.15) is 11.1 Å². The molecule has 7 nitrogen and oxygen atoms in total. The third kappa shape index (κ3) is 4.58. The van der Waals surface area contributed by atoms with E-state index < -0.39 is 0 Å². The number of nitrogens with one attached hydrogen (secondary N) is 2. The molecular weight excluding hydrogens is 400 g/mol. The Labute approximate surface area is 188 Å². The zero-order valence-electron chi connectivity index (χ0n) is 18.6. The minimum Gasteiger partial charge on any atom is -0.399 e. The number of nitrogens with zero attached hydrogens (tertiary/aromatic N) is 3. The van der Waals surface area contributed by atoms with Gasteiger partial charge in [-0.15, -0.1) is 0 Å². The van der Waals surface area contributed by atoms with Gasteiger partial charge in [-0.1, -0.05) is 30.3 Å². The molecule has 0 spiro atoms. The fraction of sp³-hybridized carbons (Fsp3) is 0.200. The van der Waals surface area contributed by atoms with Gasteiger partial charge in [0.15, 0.2) is 0 Å². The van der Waals surface area contributed by atoms with Crippen molar-refractivity contribution < 1.29 is 4.79 Å². The number of carbonyl (C=O) groups is 1. The molecule has 0 bridgehead atoms. The van der Waals surface area contributed by atoms with E-state index in [9.17, 15) is 4.79 Å². The Bertz CT molecular complexity index is 1140. The SMILES string of the molecule is CN(C)CCN(C)c1ccc(N/C(=C2\C(=O)Nc3cc(N)ccc32)c2ccccc2)cn1. The summed E-state index contributed by atoms with van der Waals surface area (Å²) in [5.41, 5.74) is 11.1. The van der Waals surface area contributed by atoms with E-state index in [1.807, 2.05) is 61.6 Å². The number of pyridine rings is 1. The summed E-state index contributed by atoms with van der Waals surface area (Å²) < 4.78 is 0. The lowest BCUT2D eigenvalue weighted by atomic mass is 10.00. The van der Waals surface area contributed by atoms with Crippen molar-refractivity contribution in [3.8, 4) is 0 Å². The van der Waals surface area contributed by atoms with E-state index in [0.717, 1.165) is 47.1 Å². The minimum absolute atomic E-state index is 0.162. The highest BCUT2D eigenvalue weighted by molar-refractivity contribution is 6.37. The lowest BCUT2D eigenvalue weighted by Gasteiger charge is -2.21. The Balaban J connectivity index is 1.68. The monoisotopic (exact) mass is 428 g/mol. The van der Waals surface area contributed by atoms with Crippen LogP contribution in [0, 0.1) is 0 Å². The molecule has 0 aliphatic carbocycles. The summed E-state index contributed by atoms with van der Waals surface area (Å²) in [4.78, 5) is 21.8. The van der Waals surface area contributed by atoms with Crippen LogP contribution in [-0.2, 0) is 4.79 Å². The number of amides is 1. The van der Waals surface area contributed by atoms with Crippen LogP contribution >= 0.6 is 0 Å². The first kappa shape index (κ1) is 21.4. The number of carbonyl (C=O) groups excluding carboxylic acids is 1. The van der Waals surface area contributed by atoms with Crippen molar-refractivity contribution in [3.05, 3.63) is 78.0 Å². The summed E-state index contributed by atoms with van der Waals surface area (Å²) in [6.07, 6.45) is 1.79. The summed E-state index contributed by atoms with van der Waals surface area (Å²) in [7, 11) is 6.14. The lowest BCUT2D eigenvalue weighted by molar-refractivity contribution is -0.110. The fourth-order valence-electron chi connectivity index (χ4n) is 3.62. The Morgan fingerprint density at radius 1 is 1.03 bits per heavy atom. The Morgan fingerprint density at radius 3 is 2.50 bits per heavy atom. The number of hydrogen-bond donors (Lipinski definition) is 3. The van der Waals surface area contributed by atoms with Crippen LogP contribution < -0.4 is 21.3 Å². The fourth-order valence-corrected chi connectivity index (χ4v) is 3.62. The highest BCUT2D eigenvalue weighted by Gasteiger charge is 2.28. The van der Waals surface area contributed by atoms with E-state index in [1.165, 1.54) is 0 Å². The minimum atomic E-state index is -0.162. The van der Waals surface area contributed by atoms with Crippen molar-refractivity contribution in [2.75, 3.05) is 55.5 Å². The molecule has 4 rings (SSSR count). The number of aromatic nitrogens is 1. The van der Waals surface area contributed by atoms with E-state index in [-0.39, 0.29) is 5.91 Å². The lowest BCUT2D eigenvalue weighted by Crippen LogP contribution is -2.28. The maximum Gasteiger partial charge on any atom is 0.258 e. The first-order valence-corrected chi connectivity index (χ1v) is 10.5. The van der Waals surface area contributed by atoms with E-state index >= 15 is 0 Å². The topological polar surface area (TPSA) is 86.5 Å². The summed E-state index contributed by atoms with van der Waals surface area (Å²) in [6.45, 7) is 1.83. The van der Waals surface area contributed by atoms with E-state index in [4.69, 9.17) is 5.73 Å². The summed E-state index contributed by atoms with van der Waals surface area (Å²) >= 11 is 0. The molecule has 2 aromatic carbocycles. The predicted octanol–water partition coefficient (Wildman–Crippen LogP) is 3.59. The van der Waals surface area contributed by atoms with Crippen molar-refractivity contribution in [3.63, 3.8) is 0 Å². The molecule has 0 radical (unpaired) electrons. The largest absolute Gasteiger partial charge is 0.399 e.